The van der Waals surface area contributed by atoms with Gasteiger partial charge in [-0.05, 0) is 60.1 Å². The molecule has 0 saturated heterocycles. The van der Waals surface area contributed by atoms with E-state index < -0.39 is 0 Å². The number of carbonyl (C=O) groups excluding carboxylic acids is 1. The third kappa shape index (κ3) is 3.44. The van der Waals surface area contributed by atoms with Gasteiger partial charge in [0.1, 0.15) is 0 Å². The zero-order chi connectivity index (χ0) is 12.3. The van der Waals surface area contributed by atoms with E-state index in [9.17, 15) is 4.79 Å². The second kappa shape index (κ2) is 5.85. The molecule has 0 aliphatic heterocycles. The van der Waals surface area contributed by atoms with Crippen molar-refractivity contribution >= 4 is 28.5 Å². The fourth-order valence-electron chi connectivity index (χ4n) is 2.25. The second-order valence-electron chi connectivity index (χ2n) is 4.77. The number of amides is 1. The van der Waals surface area contributed by atoms with Gasteiger partial charge >= 0.3 is 0 Å². The largest absolute Gasteiger partial charge is 0.349 e. The second-order valence-corrected chi connectivity index (χ2v) is 5.93. The van der Waals surface area contributed by atoms with Crippen molar-refractivity contribution in [2.45, 2.75) is 45.1 Å². The Bertz CT molecular complexity index is 411. The van der Waals surface area contributed by atoms with E-state index in [-0.39, 0.29) is 5.91 Å². The summed E-state index contributed by atoms with van der Waals surface area (Å²) in [6.45, 7) is 2.06. The van der Waals surface area contributed by atoms with Gasteiger partial charge in [0, 0.05) is 15.2 Å². The van der Waals surface area contributed by atoms with Crippen molar-refractivity contribution in [3.8, 4) is 0 Å². The summed E-state index contributed by atoms with van der Waals surface area (Å²) >= 11 is 2.27. The molecule has 1 aliphatic carbocycles. The van der Waals surface area contributed by atoms with Gasteiger partial charge in [-0.2, -0.15) is 0 Å². The van der Waals surface area contributed by atoms with E-state index in [4.69, 9.17) is 0 Å². The van der Waals surface area contributed by atoms with Crippen LogP contribution in [0.3, 0.4) is 0 Å². The Morgan fingerprint density at radius 2 is 2.00 bits per heavy atom. The van der Waals surface area contributed by atoms with Crippen molar-refractivity contribution in [1.29, 1.82) is 0 Å². The molecule has 1 N–H and O–H groups in total. The molecular weight excluding hydrogens is 325 g/mol. The average Bonchev–Trinajstić information content (AvgIpc) is 2.34. The standard InChI is InChI=1S/C14H18INO/c1-10-7-8-11(9-13(10)15)14(17)16-12-5-3-2-4-6-12/h7-9,12H,2-6H2,1H3,(H,16,17). The predicted octanol–water partition coefficient (Wildman–Crippen LogP) is 3.66. The molecule has 0 atom stereocenters. The lowest BCUT2D eigenvalue weighted by Crippen LogP contribution is -2.36. The molecule has 2 nitrogen and oxygen atoms in total. The fourth-order valence-corrected chi connectivity index (χ4v) is 2.77. The zero-order valence-corrected chi connectivity index (χ0v) is 12.3. The first-order valence-corrected chi connectivity index (χ1v) is 7.32. The number of carbonyl (C=O) groups is 1. The first-order valence-electron chi connectivity index (χ1n) is 6.24. The summed E-state index contributed by atoms with van der Waals surface area (Å²) in [4.78, 5) is 12.1. The highest BCUT2D eigenvalue weighted by Gasteiger charge is 2.16. The summed E-state index contributed by atoms with van der Waals surface area (Å²) in [5.74, 6) is 0.0785. The Balaban J connectivity index is 2.01. The molecule has 0 aromatic heterocycles. The van der Waals surface area contributed by atoms with Gasteiger partial charge in [0.25, 0.3) is 5.91 Å². The van der Waals surface area contributed by atoms with E-state index in [2.05, 4.69) is 34.8 Å². The van der Waals surface area contributed by atoms with Crippen LogP contribution in [0.15, 0.2) is 18.2 Å². The van der Waals surface area contributed by atoms with Crippen LogP contribution < -0.4 is 5.32 Å². The molecule has 0 radical (unpaired) electrons. The maximum absolute atomic E-state index is 12.1. The molecule has 3 heteroatoms. The SMILES string of the molecule is Cc1ccc(C(=O)NC2CCCCC2)cc1I. The highest BCUT2D eigenvalue weighted by Crippen LogP contribution is 2.18. The summed E-state index contributed by atoms with van der Waals surface area (Å²) in [6.07, 6.45) is 6.07. The van der Waals surface area contributed by atoms with E-state index in [0.29, 0.717) is 6.04 Å². The van der Waals surface area contributed by atoms with Gasteiger partial charge in [-0.3, -0.25) is 4.79 Å². The lowest BCUT2D eigenvalue weighted by Gasteiger charge is -2.22. The predicted molar refractivity (Wildman–Crippen MR) is 78.2 cm³/mol. The van der Waals surface area contributed by atoms with Crippen LogP contribution in [0.2, 0.25) is 0 Å². The van der Waals surface area contributed by atoms with Crippen LogP contribution in [-0.4, -0.2) is 11.9 Å². The summed E-state index contributed by atoms with van der Waals surface area (Å²) in [5, 5.41) is 3.14. The minimum absolute atomic E-state index is 0.0785. The normalized spacial score (nSPS) is 16.8. The summed E-state index contributed by atoms with van der Waals surface area (Å²) in [7, 11) is 0. The average molecular weight is 343 g/mol. The molecular formula is C14H18INO. The fraction of sp³-hybridized carbons (Fsp3) is 0.500. The monoisotopic (exact) mass is 343 g/mol. The smallest absolute Gasteiger partial charge is 0.251 e. The van der Waals surface area contributed by atoms with Crippen molar-refractivity contribution in [1.82, 2.24) is 5.32 Å². The minimum atomic E-state index is 0.0785. The van der Waals surface area contributed by atoms with Crippen LogP contribution in [0.1, 0.15) is 48.0 Å². The third-order valence-corrected chi connectivity index (χ3v) is 4.54. The van der Waals surface area contributed by atoms with Crippen LogP contribution in [0.5, 0.6) is 0 Å². The minimum Gasteiger partial charge on any atom is -0.349 e. The number of rotatable bonds is 2. The number of nitrogens with one attached hydrogen (secondary N) is 1. The van der Waals surface area contributed by atoms with Crippen molar-refractivity contribution in [3.63, 3.8) is 0 Å². The quantitative estimate of drug-likeness (QED) is 0.816. The number of aryl methyl sites for hydroxylation is 1. The van der Waals surface area contributed by atoms with Gasteiger partial charge in [-0.1, -0.05) is 25.3 Å². The van der Waals surface area contributed by atoms with Crippen LogP contribution in [0.25, 0.3) is 0 Å². The van der Waals surface area contributed by atoms with Crippen molar-refractivity contribution in [3.05, 3.63) is 32.9 Å². The maximum atomic E-state index is 12.1. The number of benzene rings is 1. The van der Waals surface area contributed by atoms with Crippen molar-refractivity contribution in [2.24, 2.45) is 0 Å². The first kappa shape index (κ1) is 12.9. The molecule has 1 fully saturated rings. The highest BCUT2D eigenvalue weighted by atomic mass is 127. The van der Waals surface area contributed by atoms with Crippen molar-refractivity contribution < 1.29 is 4.79 Å². The van der Waals surface area contributed by atoms with Gasteiger partial charge in [0.05, 0.1) is 0 Å². The summed E-state index contributed by atoms with van der Waals surface area (Å²) in [5.41, 5.74) is 2.00. The Kier molecular flexibility index (Phi) is 4.42. The Morgan fingerprint density at radius 3 is 2.65 bits per heavy atom. The van der Waals surface area contributed by atoms with Gasteiger partial charge < -0.3 is 5.32 Å². The Hall–Kier alpha value is -0.580. The molecule has 0 unspecified atom stereocenters. The molecule has 1 saturated carbocycles. The Morgan fingerprint density at radius 1 is 1.29 bits per heavy atom. The first-order chi connectivity index (χ1) is 8.16. The molecule has 0 bridgehead atoms. The summed E-state index contributed by atoms with van der Waals surface area (Å²) < 4.78 is 1.15. The van der Waals surface area contributed by atoms with Crippen LogP contribution in [0.4, 0.5) is 0 Å². The zero-order valence-electron chi connectivity index (χ0n) is 10.1. The van der Waals surface area contributed by atoms with Crippen LogP contribution >= 0.6 is 22.6 Å². The summed E-state index contributed by atoms with van der Waals surface area (Å²) in [6, 6.07) is 6.27. The van der Waals surface area contributed by atoms with E-state index in [1.54, 1.807) is 0 Å². The lowest BCUT2D eigenvalue weighted by atomic mass is 9.95. The van der Waals surface area contributed by atoms with Crippen molar-refractivity contribution in [2.75, 3.05) is 0 Å². The van der Waals surface area contributed by atoms with E-state index in [0.717, 1.165) is 22.0 Å². The molecule has 1 aromatic carbocycles. The van der Waals surface area contributed by atoms with Crippen LogP contribution in [0, 0.1) is 10.5 Å². The van der Waals surface area contributed by atoms with Gasteiger partial charge in [0.15, 0.2) is 0 Å². The molecule has 92 valence electrons. The van der Waals surface area contributed by atoms with Crippen LogP contribution in [-0.2, 0) is 0 Å². The maximum Gasteiger partial charge on any atom is 0.251 e. The van der Waals surface area contributed by atoms with Gasteiger partial charge in [-0.15, -0.1) is 0 Å². The number of halogens is 1. The third-order valence-electron chi connectivity index (χ3n) is 3.37. The Labute approximate surface area is 116 Å². The topological polar surface area (TPSA) is 29.1 Å². The van der Waals surface area contributed by atoms with Gasteiger partial charge in [-0.25, -0.2) is 0 Å². The lowest BCUT2D eigenvalue weighted by molar-refractivity contribution is 0.0927. The van der Waals surface area contributed by atoms with E-state index in [1.165, 1.54) is 24.8 Å². The molecule has 1 amide bonds. The molecule has 0 spiro atoms. The molecule has 0 heterocycles. The molecule has 1 aromatic rings. The van der Waals surface area contributed by atoms with E-state index in [1.807, 2.05) is 18.2 Å². The van der Waals surface area contributed by atoms with Gasteiger partial charge in [0.2, 0.25) is 0 Å². The molecule has 1 aliphatic rings. The number of hydrogen-bond donors (Lipinski definition) is 1. The number of hydrogen-bond acceptors (Lipinski definition) is 1. The highest BCUT2D eigenvalue weighted by molar-refractivity contribution is 14.1. The van der Waals surface area contributed by atoms with E-state index >= 15 is 0 Å². The molecule has 17 heavy (non-hydrogen) atoms. The molecule has 2 rings (SSSR count).